The molecule has 0 aromatic heterocycles. The molecule has 0 unspecified atom stereocenters. The van der Waals surface area contributed by atoms with Gasteiger partial charge in [-0.15, -0.1) is 0 Å². The molecule has 134 valence electrons. The molecule has 0 heterocycles. The Morgan fingerprint density at radius 3 is 2.28 bits per heavy atom. The third-order valence-electron chi connectivity index (χ3n) is 2.96. The standard InChI is InChI=1S/C18H20O7/c1-13(12-17(20)23-3)18(21)25-11-10-24-16(19)9-6-14-4-7-15(22-2)8-5-14/h4-9H,1,10-12H2,2-3H3. The molecule has 0 N–H and O–H groups in total. The van der Waals surface area contributed by atoms with Gasteiger partial charge in [-0.3, -0.25) is 4.79 Å². The number of hydrogen-bond acceptors (Lipinski definition) is 7. The molecule has 0 saturated carbocycles. The summed E-state index contributed by atoms with van der Waals surface area (Å²) in [7, 11) is 2.78. The van der Waals surface area contributed by atoms with Gasteiger partial charge < -0.3 is 18.9 Å². The van der Waals surface area contributed by atoms with E-state index in [-0.39, 0.29) is 25.2 Å². The van der Waals surface area contributed by atoms with E-state index in [2.05, 4.69) is 11.3 Å². The van der Waals surface area contributed by atoms with Crippen molar-refractivity contribution in [1.82, 2.24) is 0 Å². The van der Waals surface area contributed by atoms with E-state index in [1.54, 1.807) is 37.5 Å². The molecule has 1 aromatic rings. The lowest BCUT2D eigenvalue weighted by Gasteiger charge is -2.06. The second-order valence-corrected chi connectivity index (χ2v) is 4.77. The van der Waals surface area contributed by atoms with E-state index in [1.807, 2.05) is 0 Å². The van der Waals surface area contributed by atoms with Crippen LogP contribution in [0.15, 0.2) is 42.5 Å². The predicted octanol–water partition coefficient (Wildman–Crippen LogP) is 1.91. The SMILES string of the molecule is C=C(CC(=O)OC)C(=O)OCCOC(=O)C=Cc1ccc(OC)cc1. The first-order valence-electron chi connectivity index (χ1n) is 7.37. The van der Waals surface area contributed by atoms with Crippen molar-refractivity contribution >= 4 is 24.0 Å². The van der Waals surface area contributed by atoms with E-state index in [0.717, 1.165) is 11.3 Å². The van der Waals surface area contributed by atoms with Gasteiger partial charge in [-0.05, 0) is 23.8 Å². The van der Waals surface area contributed by atoms with Gasteiger partial charge in [-0.2, -0.15) is 0 Å². The summed E-state index contributed by atoms with van der Waals surface area (Å²) < 4.78 is 19.2. The van der Waals surface area contributed by atoms with Crippen molar-refractivity contribution in [2.24, 2.45) is 0 Å². The molecule has 0 atom stereocenters. The van der Waals surface area contributed by atoms with Crippen molar-refractivity contribution in [2.45, 2.75) is 6.42 Å². The summed E-state index contributed by atoms with van der Waals surface area (Å²) >= 11 is 0. The lowest BCUT2D eigenvalue weighted by molar-refractivity contribution is -0.148. The van der Waals surface area contributed by atoms with Gasteiger partial charge in [0.25, 0.3) is 0 Å². The first kappa shape index (κ1) is 20.0. The zero-order valence-electron chi connectivity index (χ0n) is 14.2. The first-order valence-corrected chi connectivity index (χ1v) is 7.37. The van der Waals surface area contributed by atoms with Crippen molar-refractivity contribution in [3.05, 3.63) is 48.1 Å². The van der Waals surface area contributed by atoms with Gasteiger partial charge in [-0.1, -0.05) is 18.7 Å². The molecule has 0 fully saturated rings. The maximum absolute atomic E-state index is 11.5. The van der Waals surface area contributed by atoms with Gasteiger partial charge >= 0.3 is 17.9 Å². The molecule has 0 radical (unpaired) electrons. The molecule has 7 nitrogen and oxygen atoms in total. The van der Waals surface area contributed by atoms with Gasteiger partial charge in [0.2, 0.25) is 0 Å². The Labute approximate surface area is 145 Å². The van der Waals surface area contributed by atoms with Crippen LogP contribution in [0.3, 0.4) is 0 Å². The number of benzene rings is 1. The van der Waals surface area contributed by atoms with Crippen LogP contribution in [0, 0.1) is 0 Å². The molecule has 0 bridgehead atoms. The van der Waals surface area contributed by atoms with Crippen LogP contribution in [0.5, 0.6) is 5.75 Å². The lowest BCUT2D eigenvalue weighted by atomic mass is 10.2. The van der Waals surface area contributed by atoms with Crippen LogP contribution >= 0.6 is 0 Å². The molecule has 0 aliphatic carbocycles. The van der Waals surface area contributed by atoms with Crippen LogP contribution in [0.2, 0.25) is 0 Å². The largest absolute Gasteiger partial charge is 0.497 e. The quantitative estimate of drug-likeness (QED) is 0.291. The van der Waals surface area contributed by atoms with Crippen molar-refractivity contribution < 1.29 is 33.3 Å². The molecule has 1 aromatic carbocycles. The minimum absolute atomic E-state index is 0.0300. The highest BCUT2D eigenvalue weighted by atomic mass is 16.6. The fourth-order valence-electron chi connectivity index (χ4n) is 1.62. The molecule has 0 saturated heterocycles. The Morgan fingerprint density at radius 1 is 1.04 bits per heavy atom. The highest BCUT2D eigenvalue weighted by Crippen LogP contribution is 2.12. The van der Waals surface area contributed by atoms with Crippen molar-refractivity contribution in [2.75, 3.05) is 27.4 Å². The minimum atomic E-state index is -0.741. The molecule has 0 spiro atoms. The van der Waals surface area contributed by atoms with E-state index in [1.165, 1.54) is 13.2 Å². The Morgan fingerprint density at radius 2 is 1.68 bits per heavy atom. The normalized spacial score (nSPS) is 10.2. The number of carbonyl (C=O) groups excluding carboxylic acids is 3. The smallest absolute Gasteiger partial charge is 0.334 e. The van der Waals surface area contributed by atoms with Crippen LogP contribution in [0.1, 0.15) is 12.0 Å². The summed E-state index contributed by atoms with van der Waals surface area (Å²) in [6, 6.07) is 7.12. The molecule has 25 heavy (non-hydrogen) atoms. The number of methoxy groups -OCH3 is 2. The third-order valence-corrected chi connectivity index (χ3v) is 2.96. The van der Waals surface area contributed by atoms with Crippen molar-refractivity contribution in [3.8, 4) is 5.75 Å². The van der Waals surface area contributed by atoms with Crippen LogP contribution in [-0.4, -0.2) is 45.3 Å². The third kappa shape index (κ3) is 7.83. The van der Waals surface area contributed by atoms with Crippen LogP contribution < -0.4 is 4.74 Å². The van der Waals surface area contributed by atoms with E-state index in [0.29, 0.717) is 0 Å². The number of hydrogen-bond donors (Lipinski definition) is 0. The van der Waals surface area contributed by atoms with E-state index in [4.69, 9.17) is 14.2 Å². The highest BCUT2D eigenvalue weighted by Gasteiger charge is 2.13. The van der Waals surface area contributed by atoms with E-state index in [9.17, 15) is 14.4 Å². The lowest BCUT2D eigenvalue weighted by Crippen LogP contribution is -2.15. The number of rotatable bonds is 9. The summed E-state index contributed by atoms with van der Waals surface area (Å²) in [5.41, 5.74) is 0.779. The molecule has 0 aliphatic rings. The van der Waals surface area contributed by atoms with Crippen LogP contribution in [0.4, 0.5) is 0 Å². The molecular formula is C18H20O7. The summed E-state index contributed by atoms with van der Waals surface area (Å²) in [5.74, 6) is -1.18. The van der Waals surface area contributed by atoms with Gasteiger partial charge in [0.05, 0.1) is 20.6 Å². The molecule has 0 aliphatic heterocycles. The van der Waals surface area contributed by atoms with Gasteiger partial charge in [-0.25, -0.2) is 9.59 Å². The van der Waals surface area contributed by atoms with Crippen LogP contribution in [0.25, 0.3) is 6.08 Å². The fourth-order valence-corrected chi connectivity index (χ4v) is 1.62. The fraction of sp³-hybridized carbons (Fsp3) is 0.278. The zero-order valence-corrected chi connectivity index (χ0v) is 14.2. The highest BCUT2D eigenvalue weighted by molar-refractivity contribution is 5.93. The van der Waals surface area contributed by atoms with Crippen LogP contribution in [-0.2, 0) is 28.6 Å². The summed E-state index contributed by atoms with van der Waals surface area (Å²) in [6.07, 6.45) is 2.60. The summed E-state index contributed by atoms with van der Waals surface area (Å²) in [6.45, 7) is 3.18. The maximum Gasteiger partial charge on any atom is 0.334 e. The topological polar surface area (TPSA) is 88.1 Å². The maximum atomic E-state index is 11.5. The van der Waals surface area contributed by atoms with E-state index < -0.39 is 17.9 Å². The molecular weight excluding hydrogens is 328 g/mol. The van der Waals surface area contributed by atoms with Gasteiger partial charge in [0.1, 0.15) is 19.0 Å². The molecule has 7 heteroatoms. The Hall–Kier alpha value is -3.09. The second kappa shape index (κ2) is 10.6. The van der Waals surface area contributed by atoms with Gasteiger partial charge in [0, 0.05) is 11.6 Å². The Balaban J connectivity index is 2.27. The van der Waals surface area contributed by atoms with Gasteiger partial charge in [0.15, 0.2) is 0 Å². The zero-order chi connectivity index (χ0) is 18.7. The summed E-state index contributed by atoms with van der Waals surface area (Å²) in [5, 5.41) is 0. The number of esters is 3. The van der Waals surface area contributed by atoms with Crippen molar-refractivity contribution in [3.63, 3.8) is 0 Å². The monoisotopic (exact) mass is 348 g/mol. The minimum Gasteiger partial charge on any atom is -0.497 e. The average Bonchev–Trinajstić information content (AvgIpc) is 2.63. The number of carbonyl (C=O) groups is 3. The van der Waals surface area contributed by atoms with Crippen molar-refractivity contribution in [1.29, 1.82) is 0 Å². The Bertz CT molecular complexity index is 644. The van der Waals surface area contributed by atoms with E-state index >= 15 is 0 Å². The second-order valence-electron chi connectivity index (χ2n) is 4.77. The average molecular weight is 348 g/mol. The summed E-state index contributed by atoms with van der Waals surface area (Å²) in [4.78, 5) is 34.1. The molecule has 0 amide bonds. The predicted molar refractivity (Wildman–Crippen MR) is 89.7 cm³/mol. The first-order chi connectivity index (χ1) is 12.0. The number of ether oxygens (including phenoxy) is 4. The molecule has 1 rings (SSSR count). The Kier molecular flexibility index (Phi) is 8.49.